The summed E-state index contributed by atoms with van der Waals surface area (Å²) in [5, 5.41) is 0. The molecule has 2 nitrogen and oxygen atoms in total. The number of nitrogens with two attached hydrogens (primary N) is 1. The number of carbonyl (C=O) groups is 1. The van der Waals surface area contributed by atoms with Gasteiger partial charge in [-0.3, -0.25) is 4.79 Å². The summed E-state index contributed by atoms with van der Waals surface area (Å²) >= 11 is 0. The summed E-state index contributed by atoms with van der Waals surface area (Å²) in [7, 11) is 0. The molecule has 0 saturated heterocycles. The Balaban J connectivity index is 0.00000121. The second kappa shape index (κ2) is 3.05. The van der Waals surface area contributed by atoms with Crippen LogP contribution in [0.25, 0.3) is 0 Å². The van der Waals surface area contributed by atoms with Gasteiger partial charge in [-0.1, -0.05) is 44.2 Å². The molecule has 102 valence electrons. The normalized spacial score (nSPS) is 49.4. The lowest BCUT2D eigenvalue weighted by Gasteiger charge is -2.69. The van der Waals surface area contributed by atoms with Crippen LogP contribution in [0.4, 0.5) is 0 Å². The van der Waals surface area contributed by atoms with Crippen molar-refractivity contribution in [3.63, 3.8) is 0 Å². The van der Waals surface area contributed by atoms with Crippen LogP contribution in [0.15, 0.2) is 30.3 Å². The predicted molar refractivity (Wildman–Crippen MR) is 76.5 cm³/mol. The van der Waals surface area contributed by atoms with E-state index in [4.69, 9.17) is 5.73 Å². The zero-order valence-corrected chi connectivity index (χ0v) is 11.6. The van der Waals surface area contributed by atoms with Gasteiger partial charge in [-0.05, 0) is 36.7 Å². The number of hydrogen-bond donors (Lipinski definition) is 1. The molecule has 19 heavy (non-hydrogen) atoms. The Labute approximate surface area is 115 Å². The Morgan fingerprint density at radius 1 is 1.42 bits per heavy atom. The van der Waals surface area contributed by atoms with E-state index in [0.29, 0.717) is 5.92 Å². The highest BCUT2D eigenvalue weighted by atomic mass is 16.1. The monoisotopic (exact) mass is 257 g/mol. The first-order chi connectivity index (χ1) is 9.07. The molecule has 3 saturated carbocycles. The summed E-state index contributed by atoms with van der Waals surface area (Å²) in [4.78, 5) is 12.0. The number of rotatable bonds is 3. The second-order valence-corrected chi connectivity index (χ2v) is 6.89. The highest BCUT2D eigenvalue weighted by Gasteiger charge is 2.95. The van der Waals surface area contributed by atoms with Crippen molar-refractivity contribution in [1.82, 2.24) is 0 Å². The standard InChI is InChI=1S/C17H21NO.H2/c1-3-15(12-7-5-4-6-8-12)10-16(14(18)19)9-13-11(2)17(13,15)16;/h4-8,11,13H,3,9-10H2,1-2H3,(H2,18,19);1H. The van der Waals surface area contributed by atoms with Gasteiger partial charge in [-0.15, -0.1) is 0 Å². The van der Waals surface area contributed by atoms with Crippen LogP contribution in [0.1, 0.15) is 40.1 Å². The van der Waals surface area contributed by atoms with Gasteiger partial charge in [0.15, 0.2) is 0 Å². The molecule has 3 aliphatic carbocycles. The SMILES string of the molecule is CCC1(c2ccccc2)CC2(C(N)=O)CC3C(C)C321.[HH]. The predicted octanol–water partition coefficient (Wildman–Crippen LogP) is 3.11. The molecular formula is C17H23NO. The number of amides is 1. The van der Waals surface area contributed by atoms with Crippen LogP contribution in [0.3, 0.4) is 0 Å². The molecule has 5 unspecified atom stereocenters. The molecule has 0 aliphatic heterocycles. The molecule has 2 N–H and O–H groups in total. The van der Waals surface area contributed by atoms with E-state index < -0.39 is 0 Å². The third kappa shape index (κ3) is 0.861. The van der Waals surface area contributed by atoms with Gasteiger partial charge in [-0.25, -0.2) is 0 Å². The van der Waals surface area contributed by atoms with Crippen LogP contribution in [0, 0.1) is 22.7 Å². The molecule has 0 aromatic heterocycles. The van der Waals surface area contributed by atoms with Crippen LogP contribution in [0.2, 0.25) is 0 Å². The zero-order valence-electron chi connectivity index (χ0n) is 11.6. The Bertz CT molecular complexity index is 568. The van der Waals surface area contributed by atoms with Crippen LogP contribution >= 0.6 is 0 Å². The maximum absolute atomic E-state index is 12.0. The molecule has 1 aromatic carbocycles. The number of benzene rings is 1. The lowest BCUT2D eigenvalue weighted by atomic mass is 9.32. The molecule has 1 aromatic rings. The fraction of sp³-hybridized carbons (Fsp3) is 0.588. The van der Waals surface area contributed by atoms with Gasteiger partial charge in [0, 0.05) is 12.3 Å². The van der Waals surface area contributed by atoms with Crippen molar-refractivity contribution in [3.05, 3.63) is 35.9 Å². The fourth-order valence-electron chi connectivity index (χ4n) is 6.32. The zero-order chi connectivity index (χ0) is 13.5. The van der Waals surface area contributed by atoms with Gasteiger partial charge in [-0.2, -0.15) is 0 Å². The fourth-order valence-corrected chi connectivity index (χ4v) is 6.32. The number of hydrogen-bond acceptors (Lipinski definition) is 1. The summed E-state index contributed by atoms with van der Waals surface area (Å²) in [5.74, 6) is 1.34. The molecule has 1 amide bonds. The van der Waals surface area contributed by atoms with Crippen molar-refractivity contribution in [3.8, 4) is 0 Å². The van der Waals surface area contributed by atoms with E-state index in [2.05, 4.69) is 44.2 Å². The van der Waals surface area contributed by atoms with Gasteiger partial charge in [0.2, 0.25) is 5.91 Å². The van der Waals surface area contributed by atoms with E-state index in [1.54, 1.807) is 0 Å². The van der Waals surface area contributed by atoms with Crippen LogP contribution in [-0.2, 0) is 10.2 Å². The van der Waals surface area contributed by atoms with Crippen molar-refractivity contribution < 1.29 is 6.22 Å². The first-order valence-corrected chi connectivity index (χ1v) is 7.42. The highest BCUT2D eigenvalue weighted by molar-refractivity contribution is 5.88. The summed E-state index contributed by atoms with van der Waals surface area (Å²) in [6.45, 7) is 4.59. The van der Waals surface area contributed by atoms with Crippen molar-refractivity contribution in [2.45, 2.75) is 38.5 Å². The Kier molecular flexibility index (Phi) is 1.85. The van der Waals surface area contributed by atoms with E-state index in [1.807, 2.05) is 0 Å². The van der Waals surface area contributed by atoms with Gasteiger partial charge in [0.25, 0.3) is 0 Å². The quantitative estimate of drug-likeness (QED) is 0.888. The van der Waals surface area contributed by atoms with Crippen LogP contribution < -0.4 is 5.73 Å². The summed E-state index contributed by atoms with van der Waals surface area (Å²) in [6, 6.07) is 10.8. The molecule has 1 spiro atoms. The van der Waals surface area contributed by atoms with Crippen molar-refractivity contribution in [2.75, 3.05) is 0 Å². The van der Waals surface area contributed by atoms with Gasteiger partial charge in [0.05, 0.1) is 5.41 Å². The van der Waals surface area contributed by atoms with E-state index in [-0.39, 0.29) is 23.6 Å². The minimum absolute atomic E-state index is 0. The maximum atomic E-state index is 12.0. The van der Waals surface area contributed by atoms with Crippen LogP contribution in [0.5, 0.6) is 0 Å². The Hall–Kier alpha value is -1.31. The molecule has 0 bridgehead atoms. The van der Waals surface area contributed by atoms with Gasteiger partial charge < -0.3 is 5.73 Å². The third-order valence-corrected chi connectivity index (χ3v) is 6.95. The largest absolute Gasteiger partial charge is 0.369 e. The molecular weight excluding hydrogens is 234 g/mol. The van der Waals surface area contributed by atoms with Gasteiger partial charge in [0.1, 0.15) is 0 Å². The minimum atomic E-state index is -0.178. The number of primary amides is 1. The Morgan fingerprint density at radius 3 is 2.58 bits per heavy atom. The van der Waals surface area contributed by atoms with E-state index >= 15 is 0 Å². The molecule has 0 heterocycles. The first kappa shape index (κ1) is 11.5. The molecule has 5 atom stereocenters. The third-order valence-electron chi connectivity index (χ3n) is 6.95. The number of carbonyl (C=O) groups excluding carboxylic acids is 1. The summed E-state index contributed by atoms with van der Waals surface area (Å²) in [6.07, 6.45) is 3.13. The van der Waals surface area contributed by atoms with E-state index in [9.17, 15) is 4.79 Å². The average Bonchev–Trinajstić information content (AvgIpc) is 2.98. The summed E-state index contributed by atoms with van der Waals surface area (Å²) < 4.78 is 0. The molecule has 0 radical (unpaired) electrons. The van der Waals surface area contributed by atoms with Gasteiger partial charge >= 0.3 is 0 Å². The highest BCUT2D eigenvalue weighted by Crippen LogP contribution is 2.95. The topological polar surface area (TPSA) is 43.1 Å². The molecule has 3 fully saturated rings. The van der Waals surface area contributed by atoms with Crippen molar-refractivity contribution in [1.29, 1.82) is 0 Å². The maximum Gasteiger partial charge on any atom is 0.224 e. The molecule has 3 aliphatic rings. The van der Waals surface area contributed by atoms with E-state index in [1.165, 1.54) is 5.56 Å². The Morgan fingerprint density at radius 2 is 2.11 bits per heavy atom. The van der Waals surface area contributed by atoms with Crippen molar-refractivity contribution in [2.24, 2.45) is 28.4 Å². The smallest absolute Gasteiger partial charge is 0.224 e. The average molecular weight is 257 g/mol. The molecule has 2 heteroatoms. The van der Waals surface area contributed by atoms with E-state index in [0.717, 1.165) is 25.2 Å². The first-order valence-electron chi connectivity index (χ1n) is 7.42. The van der Waals surface area contributed by atoms with Crippen molar-refractivity contribution >= 4 is 5.91 Å². The second-order valence-electron chi connectivity index (χ2n) is 6.89. The molecule has 4 rings (SSSR count). The lowest BCUT2D eigenvalue weighted by molar-refractivity contribution is -0.191. The van der Waals surface area contributed by atoms with Crippen LogP contribution in [-0.4, -0.2) is 5.91 Å². The lowest BCUT2D eigenvalue weighted by Crippen LogP contribution is -2.72. The minimum Gasteiger partial charge on any atom is -0.369 e. The summed E-state index contributed by atoms with van der Waals surface area (Å²) in [5.41, 5.74) is 7.40.